The molecule has 0 bridgehead atoms. The van der Waals surface area contributed by atoms with Crippen molar-refractivity contribution in [3.63, 3.8) is 0 Å². The van der Waals surface area contributed by atoms with Gasteiger partial charge in [-0.2, -0.15) is 0 Å². The highest BCUT2D eigenvalue weighted by atomic mass is 79.9. The van der Waals surface area contributed by atoms with Crippen molar-refractivity contribution in [1.29, 1.82) is 0 Å². The van der Waals surface area contributed by atoms with Gasteiger partial charge in [0.15, 0.2) is 5.75 Å². The molecule has 2 rings (SSSR count). The van der Waals surface area contributed by atoms with Crippen molar-refractivity contribution in [2.45, 2.75) is 6.92 Å². The van der Waals surface area contributed by atoms with Crippen LogP contribution < -0.4 is 10.5 Å². The summed E-state index contributed by atoms with van der Waals surface area (Å²) >= 11 is 3.03. The van der Waals surface area contributed by atoms with Gasteiger partial charge in [-0.05, 0) is 52.7 Å². The highest BCUT2D eigenvalue weighted by Crippen LogP contribution is 2.32. The van der Waals surface area contributed by atoms with Crippen molar-refractivity contribution in [2.24, 2.45) is 0 Å². The number of ether oxygens (including phenoxy) is 1. The molecular formula is C13H10BrF2NO. The molecule has 0 heterocycles. The minimum atomic E-state index is -0.474. The molecule has 0 saturated carbocycles. The van der Waals surface area contributed by atoms with Crippen molar-refractivity contribution in [3.05, 3.63) is 52.0 Å². The van der Waals surface area contributed by atoms with E-state index in [0.717, 1.165) is 0 Å². The van der Waals surface area contributed by atoms with E-state index in [2.05, 4.69) is 15.9 Å². The van der Waals surface area contributed by atoms with Crippen molar-refractivity contribution in [2.75, 3.05) is 5.73 Å². The molecule has 2 N–H and O–H groups in total. The standard InChI is InChI=1S/C13H10BrF2NO/c1-7-4-8(2-3-10(7)15)18-13-6-11(16)9(14)5-12(13)17/h2-6H,17H2,1H3. The van der Waals surface area contributed by atoms with E-state index in [1.807, 2.05) is 0 Å². The van der Waals surface area contributed by atoms with E-state index >= 15 is 0 Å². The van der Waals surface area contributed by atoms with Crippen LogP contribution in [0.5, 0.6) is 11.5 Å². The molecule has 0 unspecified atom stereocenters. The Labute approximate surface area is 112 Å². The van der Waals surface area contributed by atoms with Crippen LogP contribution >= 0.6 is 15.9 Å². The lowest BCUT2D eigenvalue weighted by Gasteiger charge is -2.10. The highest BCUT2D eigenvalue weighted by Gasteiger charge is 2.09. The monoisotopic (exact) mass is 313 g/mol. The fraction of sp³-hybridized carbons (Fsp3) is 0.0769. The fourth-order valence-corrected chi connectivity index (χ4v) is 1.80. The summed E-state index contributed by atoms with van der Waals surface area (Å²) < 4.78 is 32.1. The van der Waals surface area contributed by atoms with E-state index in [9.17, 15) is 8.78 Å². The van der Waals surface area contributed by atoms with Crippen LogP contribution in [0.3, 0.4) is 0 Å². The molecule has 0 radical (unpaired) electrons. The second-order valence-corrected chi connectivity index (χ2v) is 4.67. The zero-order valence-electron chi connectivity index (χ0n) is 9.51. The number of hydrogen-bond donors (Lipinski definition) is 1. The first kappa shape index (κ1) is 12.8. The van der Waals surface area contributed by atoms with Crippen LogP contribution in [0.15, 0.2) is 34.8 Å². The predicted molar refractivity (Wildman–Crippen MR) is 69.7 cm³/mol. The number of nitrogens with two attached hydrogens (primary N) is 1. The Bertz CT molecular complexity index is 602. The zero-order valence-corrected chi connectivity index (χ0v) is 11.1. The topological polar surface area (TPSA) is 35.2 Å². The smallest absolute Gasteiger partial charge is 0.153 e. The van der Waals surface area contributed by atoms with Crippen LogP contribution in [0.25, 0.3) is 0 Å². The van der Waals surface area contributed by atoms with E-state index in [4.69, 9.17) is 10.5 Å². The van der Waals surface area contributed by atoms with Gasteiger partial charge in [-0.25, -0.2) is 8.78 Å². The van der Waals surface area contributed by atoms with E-state index in [1.54, 1.807) is 6.92 Å². The fourth-order valence-electron chi connectivity index (χ4n) is 1.44. The van der Waals surface area contributed by atoms with Crippen molar-refractivity contribution in [3.8, 4) is 11.5 Å². The maximum atomic E-state index is 13.4. The first-order valence-corrected chi connectivity index (χ1v) is 5.95. The molecule has 2 aromatic rings. The van der Waals surface area contributed by atoms with Gasteiger partial charge in [-0.3, -0.25) is 0 Å². The SMILES string of the molecule is Cc1cc(Oc2cc(F)c(Br)cc2N)ccc1F. The number of hydrogen-bond acceptors (Lipinski definition) is 2. The van der Waals surface area contributed by atoms with Crippen molar-refractivity contribution in [1.82, 2.24) is 0 Å². The summed E-state index contributed by atoms with van der Waals surface area (Å²) in [4.78, 5) is 0. The maximum absolute atomic E-state index is 13.4. The molecule has 0 aromatic heterocycles. The summed E-state index contributed by atoms with van der Waals surface area (Å²) in [6, 6.07) is 6.87. The largest absolute Gasteiger partial charge is 0.455 e. The number of anilines is 1. The summed E-state index contributed by atoms with van der Waals surface area (Å²) in [6.45, 7) is 1.62. The Kier molecular flexibility index (Phi) is 3.52. The lowest BCUT2D eigenvalue weighted by atomic mass is 10.2. The Balaban J connectivity index is 2.34. The Morgan fingerprint density at radius 3 is 2.50 bits per heavy atom. The minimum Gasteiger partial charge on any atom is -0.455 e. The molecule has 0 aliphatic rings. The van der Waals surface area contributed by atoms with Gasteiger partial charge in [-0.1, -0.05) is 0 Å². The number of nitrogen functional groups attached to an aromatic ring is 1. The van der Waals surface area contributed by atoms with Gasteiger partial charge in [0.1, 0.15) is 17.4 Å². The molecule has 0 amide bonds. The van der Waals surface area contributed by atoms with Crippen LogP contribution in [-0.2, 0) is 0 Å². The van der Waals surface area contributed by atoms with Crippen LogP contribution in [0.1, 0.15) is 5.56 Å². The van der Waals surface area contributed by atoms with Crippen LogP contribution in [-0.4, -0.2) is 0 Å². The summed E-state index contributed by atoms with van der Waals surface area (Å²) in [5.74, 6) is -0.195. The third kappa shape index (κ3) is 2.61. The molecule has 5 heteroatoms. The first-order valence-electron chi connectivity index (χ1n) is 5.16. The quantitative estimate of drug-likeness (QED) is 0.833. The highest BCUT2D eigenvalue weighted by molar-refractivity contribution is 9.10. The summed E-state index contributed by atoms with van der Waals surface area (Å²) in [5.41, 5.74) is 6.45. The Hall–Kier alpha value is -1.62. The summed E-state index contributed by atoms with van der Waals surface area (Å²) in [7, 11) is 0. The van der Waals surface area contributed by atoms with Gasteiger partial charge in [-0.15, -0.1) is 0 Å². The van der Waals surface area contributed by atoms with Crippen LogP contribution in [0.4, 0.5) is 14.5 Å². The van der Waals surface area contributed by atoms with Gasteiger partial charge >= 0.3 is 0 Å². The van der Waals surface area contributed by atoms with Crippen molar-refractivity contribution < 1.29 is 13.5 Å². The maximum Gasteiger partial charge on any atom is 0.153 e. The number of benzene rings is 2. The molecule has 0 atom stereocenters. The van der Waals surface area contributed by atoms with E-state index in [0.29, 0.717) is 17.0 Å². The third-order valence-corrected chi connectivity index (χ3v) is 3.02. The molecule has 0 spiro atoms. The second kappa shape index (κ2) is 4.94. The van der Waals surface area contributed by atoms with E-state index < -0.39 is 5.82 Å². The molecular weight excluding hydrogens is 304 g/mol. The predicted octanol–water partition coefficient (Wildman–Crippen LogP) is 4.41. The van der Waals surface area contributed by atoms with E-state index in [-0.39, 0.29) is 16.0 Å². The lowest BCUT2D eigenvalue weighted by molar-refractivity contribution is 0.476. The zero-order chi connectivity index (χ0) is 13.3. The normalized spacial score (nSPS) is 10.4. The van der Waals surface area contributed by atoms with Gasteiger partial charge in [0.05, 0.1) is 10.2 Å². The molecule has 18 heavy (non-hydrogen) atoms. The lowest BCUT2D eigenvalue weighted by Crippen LogP contribution is -1.94. The third-order valence-electron chi connectivity index (χ3n) is 2.41. The average Bonchev–Trinajstić information content (AvgIpc) is 2.31. The van der Waals surface area contributed by atoms with Gasteiger partial charge in [0, 0.05) is 6.07 Å². The van der Waals surface area contributed by atoms with Gasteiger partial charge in [0.2, 0.25) is 0 Å². The van der Waals surface area contributed by atoms with E-state index in [1.165, 1.54) is 30.3 Å². The van der Waals surface area contributed by atoms with Crippen molar-refractivity contribution >= 4 is 21.6 Å². The summed E-state index contributed by atoms with van der Waals surface area (Å²) in [5, 5.41) is 0. The van der Waals surface area contributed by atoms with Gasteiger partial charge in [0.25, 0.3) is 0 Å². The first-order chi connectivity index (χ1) is 8.47. The summed E-state index contributed by atoms with van der Waals surface area (Å²) in [6.07, 6.45) is 0. The Morgan fingerprint density at radius 1 is 1.11 bits per heavy atom. The van der Waals surface area contributed by atoms with Crippen LogP contribution in [0.2, 0.25) is 0 Å². The molecule has 0 aliphatic heterocycles. The molecule has 0 saturated heterocycles. The number of halogens is 3. The number of rotatable bonds is 2. The van der Waals surface area contributed by atoms with Crippen LogP contribution in [0, 0.1) is 18.6 Å². The Morgan fingerprint density at radius 2 is 1.83 bits per heavy atom. The van der Waals surface area contributed by atoms with Gasteiger partial charge < -0.3 is 10.5 Å². The molecule has 94 valence electrons. The molecule has 2 aromatic carbocycles. The minimum absolute atomic E-state index is 0.196. The number of aryl methyl sites for hydroxylation is 1. The molecule has 2 nitrogen and oxygen atoms in total. The molecule has 0 aliphatic carbocycles. The average molecular weight is 314 g/mol. The second-order valence-electron chi connectivity index (χ2n) is 3.82. The molecule has 0 fully saturated rings.